The Morgan fingerprint density at radius 1 is 1.12 bits per heavy atom. The van der Waals surface area contributed by atoms with Gasteiger partial charge in [-0.15, -0.1) is 0 Å². The molecule has 4 nitrogen and oxygen atoms in total. The minimum atomic E-state index is 0.508. The van der Waals surface area contributed by atoms with Gasteiger partial charge in [-0.25, -0.2) is 4.98 Å². The Morgan fingerprint density at radius 3 is 2.81 bits per heavy atom. The molecule has 2 N–H and O–H groups in total. The van der Waals surface area contributed by atoms with Crippen molar-refractivity contribution in [2.75, 3.05) is 5.73 Å². The molecule has 0 spiro atoms. The molecule has 0 aliphatic carbocycles. The topological polar surface area (TPSA) is 56.7 Å². The van der Waals surface area contributed by atoms with Crippen molar-refractivity contribution in [1.29, 1.82) is 0 Å². The minimum absolute atomic E-state index is 0.508. The number of pyridine rings is 1. The van der Waals surface area contributed by atoms with Crippen LogP contribution in [0, 0.1) is 0 Å². The van der Waals surface area contributed by atoms with E-state index < -0.39 is 0 Å². The van der Waals surface area contributed by atoms with E-state index >= 15 is 0 Å². The third-order valence-corrected chi connectivity index (χ3v) is 2.48. The number of para-hydroxylation sites is 1. The van der Waals surface area contributed by atoms with Crippen LogP contribution in [0.15, 0.2) is 49.1 Å². The highest BCUT2D eigenvalue weighted by Gasteiger charge is 2.00. The quantitative estimate of drug-likeness (QED) is 0.668. The molecule has 4 heteroatoms. The molecule has 0 aliphatic rings. The highest BCUT2D eigenvalue weighted by molar-refractivity contribution is 5.80. The van der Waals surface area contributed by atoms with Gasteiger partial charge in [-0.05, 0) is 12.1 Å². The van der Waals surface area contributed by atoms with Crippen LogP contribution >= 0.6 is 0 Å². The van der Waals surface area contributed by atoms with E-state index in [1.54, 1.807) is 12.5 Å². The molecule has 0 aliphatic heterocycles. The second-order valence-electron chi connectivity index (χ2n) is 3.59. The van der Waals surface area contributed by atoms with Crippen LogP contribution in [0.3, 0.4) is 0 Å². The third-order valence-electron chi connectivity index (χ3n) is 2.48. The molecule has 0 amide bonds. The first-order valence-electron chi connectivity index (χ1n) is 4.97. The fourth-order valence-corrected chi connectivity index (χ4v) is 1.68. The average Bonchev–Trinajstić information content (AvgIpc) is 2.75. The first-order valence-corrected chi connectivity index (χ1v) is 4.97. The lowest BCUT2D eigenvalue weighted by Crippen LogP contribution is -1.91. The molecule has 0 saturated carbocycles. The molecule has 16 heavy (non-hydrogen) atoms. The van der Waals surface area contributed by atoms with Crippen molar-refractivity contribution < 1.29 is 0 Å². The molecule has 78 valence electrons. The minimum Gasteiger partial charge on any atom is -0.382 e. The van der Waals surface area contributed by atoms with Gasteiger partial charge in [0.25, 0.3) is 0 Å². The number of hydrogen-bond acceptors (Lipinski definition) is 3. The number of nitrogen functional groups attached to an aromatic ring is 1. The summed E-state index contributed by atoms with van der Waals surface area (Å²) in [5.74, 6) is 0.508. The molecule has 3 rings (SSSR count). The number of nitrogens with zero attached hydrogens (tertiary/aromatic N) is 3. The predicted molar refractivity (Wildman–Crippen MR) is 63.3 cm³/mol. The van der Waals surface area contributed by atoms with Crippen molar-refractivity contribution in [3.63, 3.8) is 0 Å². The number of anilines is 1. The van der Waals surface area contributed by atoms with Gasteiger partial charge in [0.05, 0.1) is 23.6 Å². The van der Waals surface area contributed by atoms with E-state index in [2.05, 4.69) is 16.0 Å². The number of hydrogen-bond donors (Lipinski definition) is 1. The van der Waals surface area contributed by atoms with Crippen molar-refractivity contribution in [2.24, 2.45) is 0 Å². The van der Waals surface area contributed by atoms with E-state index in [4.69, 9.17) is 5.73 Å². The van der Waals surface area contributed by atoms with Crippen molar-refractivity contribution in [3.05, 3.63) is 49.1 Å². The standard InChI is InChI=1S/C12H10N4/c13-12-7-16(8-15-12)10-5-9-3-1-2-4-11(9)14-6-10/h1-8H,13H2. The van der Waals surface area contributed by atoms with Crippen LogP contribution in [0.1, 0.15) is 0 Å². The lowest BCUT2D eigenvalue weighted by molar-refractivity contribution is 1.05. The Kier molecular flexibility index (Phi) is 1.86. The second kappa shape index (κ2) is 3.34. The Bertz CT molecular complexity index is 642. The SMILES string of the molecule is Nc1cn(-c2cnc3ccccc3c2)cn1. The molecular formula is C12H10N4. The lowest BCUT2D eigenvalue weighted by atomic mass is 10.2. The summed E-state index contributed by atoms with van der Waals surface area (Å²) in [6, 6.07) is 10.1. The van der Waals surface area contributed by atoms with E-state index in [9.17, 15) is 0 Å². The molecule has 2 heterocycles. The second-order valence-corrected chi connectivity index (χ2v) is 3.59. The zero-order valence-electron chi connectivity index (χ0n) is 8.54. The van der Waals surface area contributed by atoms with Crippen molar-refractivity contribution in [3.8, 4) is 5.69 Å². The molecule has 3 aromatic rings. The zero-order chi connectivity index (χ0) is 11.0. The van der Waals surface area contributed by atoms with Crippen LogP contribution < -0.4 is 5.73 Å². The summed E-state index contributed by atoms with van der Waals surface area (Å²) in [5, 5.41) is 1.10. The summed E-state index contributed by atoms with van der Waals surface area (Å²) >= 11 is 0. The van der Waals surface area contributed by atoms with Crippen molar-refractivity contribution >= 4 is 16.7 Å². The third kappa shape index (κ3) is 1.40. The van der Waals surface area contributed by atoms with E-state index in [-0.39, 0.29) is 0 Å². The van der Waals surface area contributed by atoms with Crippen LogP contribution in [0.2, 0.25) is 0 Å². The van der Waals surface area contributed by atoms with E-state index in [0.29, 0.717) is 5.82 Å². The van der Waals surface area contributed by atoms with Gasteiger partial charge in [0.15, 0.2) is 0 Å². The van der Waals surface area contributed by atoms with Crippen LogP contribution in [-0.2, 0) is 0 Å². The predicted octanol–water partition coefficient (Wildman–Crippen LogP) is 2.00. The van der Waals surface area contributed by atoms with Gasteiger partial charge in [-0.2, -0.15) is 0 Å². The van der Waals surface area contributed by atoms with E-state index in [1.165, 1.54) is 0 Å². The number of aromatic nitrogens is 3. The highest BCUT2D eigenvalue weighted by atomic mass is 15.1. The maximum absolute atomic E-state index is 5.58. The normalized spacial score (nSPS) is 10.8. The molecule has 0 bridgehead atoms. The van der Waals surface area contributed by atoms with E-state index in [1.807, 2.05) is 35.0 Å². The molecule has 1 aromatic carbocycles. The molecule has 2 aromatic heterocycles. The maximum Gasteiger partial charge on any atom is 0.141 e. The molecule has 0 atom stereocenters. The summed E-state index contributed by atoms with van der Waals surface area (Å²) in [6.07, 6.45) is 5.26. The molecular weight excluding hydrogens is 200 g/mol. The van der Waals surface area contributed by atoms with Gasteiger partial charge in [0, 0.05) is 5.39 Å². The summed E-state index contributed by atoms with van der Waals surface area (Å²) in [4.78, 5) is 8.36. The number of rotatable bonds is 1. The number of fused-ring (bicyclic) bond motifs is 1. The smallest absolute Gasteiger partial charge is 0.141 e. The summed E-state index contributed by atoms with van der Waals surface area (Å²) in [5.41, 5.74) is 7.52. The summed E-state index contributed by atoms with van der Waals surface area (Å²) in [7, 11) is 0. The van der Waals surface area contributed by atoms with E-state index in [0.717, 1.165) is 16.6 Å². The molecule has 0 unspecified atom stereocenters. The number of imidazole rings is 1. The van der Waals surface area contributed by atoms with Gasteiger partial charge in [0.2, 0.25) is 0 Å². The van der Waals surface area contributed by atoms with Crippen LogP contribution in [0.25, 0.3) is 16.6 Å². The Morgan fingerprint density at radius 2 is 2.00 bits per heavy atom. The Hall–Kier alpha value is -2.36. The monoisotopic (exact) mass is 210 g/mol. The van der Waals surface area contributed by atoms with Crippen molar-refractivity contribution in [1.82, 2.24) is 14.5 Å². The summed E-state index contributed by atoms with van der Waals surface area (Å²) < 4.78 is 1.86. The fraction of sp³-hybridized carbons (Fsp3) is 0. The first-order chi connectivity index (χ1) is 7.83. The average molecular weight is 210 g/mol. The van der Waals surface area contributed by atoms with Gasteiger partial charge in [-0.1, -0.05) is 18.2 Å². The molecule has 0 saturated heterocycles. The van der Waals surface area contributed by atoms with Gasteiger partial charge < -0.3 is 10.3 Å². The lowest BCUT2D eigenvalue weighted by Gasteiger charge is -2.02. The maximum atomic E-state index is 5.58. The van der Waals surface area contributed by atoms with Crippen molar-refractivity contribution in [2.45, 2.75) is 0 Å². The molecule has 0 fully saturated rings. The summed E-state index contributed by atoms with van der Waals surface area (Å²) in [6.45, 7) is 0. The van der Waals surface area contributed by atoms with Crippen LogP contribution in [0.4, 0.5) is 5.82 Å². The van der Waals surface area contributed by atoms with Gasteiger partial charge in [-0.3, -0.25) is 4.98 Å². The fourth-order valence-electron chi connectivity index (χ4n) is 1.68. The number of benzene rings is 1. The zero-order valence-corrected chi connectivity index (χ0v) is 8.54. The highest BCUT2D eigenvalue weighted by Crippen LogP contribution is 2.16. The van der Waals surface area contributed by atoms with Gasteiger partial charge in [0.1, 0.15) is 12.1 Å². The van der Waals surface area contributed by atoms with Crippen LogP contribution in [-0.4, -0.2) is 14.5 Å². The van der Waals surface area contributed by atoms with Gasteiger partial charge >= 0.3 is 0 Å². The van der Waals surface area contributed by atoms with Crippen LogP contribution in [0.5, 0.6) is 0 Å². The Labute approximate surface area is 92.4 Å². The number of nitrogens with two attached hydrogens (primary N) is 1. The first kappa shape index (κ1) is 8.91. The Balaban J connectivity index is 2.18. The molecule has 0 radical (unpaired) electrons. The largest absolute Gasteiger partial charge is 0.382 e.